The van der Waals surface area contributed by atoms with Gasteiger partial charge in [-0.3, -0.25) is 9.48 Å². The summed E-state index contributed by atoms with van der Waals surface area (Å²) in [5.41, 5.74) is 0.932. The second-order valence-electron chi connectivity index (χ2n) is 8.03. The van der Waals surface area contributed by atoms with Gasteiger partial charge in [0.1, 0.15) is 6.54 Å². The Bertz CT molecular complexity index is 608. The number of nitrogens with zero attached hydrogens (tertiary/aromatic N) is 3. The molecule has 3 heterocycles. The highest BCUT2D eigenvalue weighted by atomic mass is 16.5. The fraction of sp³-hybridized carbons (Fsp3) is 0.800. The number of aryl methyl sites for hydroxylation is 1. The van der Waals surface area contributed by atoms with Gasteiger partial charge in [-0.05, 0) is 45.6 Å². The summed E-state index contributed by atoms with van der Waals surface area (Å²) in [4.78, 5) is 14.5. The van der Waals surface area contributed by atoms with Crippen LogP contribution >= 0.6 is 0 Å². The summed E-state index contributed by atoms with van der Waals surface area (Å²) in [5.74, 6) is 0.127. The molecule has 0 N–H and O–H groups in total. The molecule has 2 aliphatic heterocycles. The van der Waals surface area contributed by atoms with Gasteiger partial charge in [-0.1, -0.05) is 0 Å². The number of carbonyl (C=O) groups is 1. The van der Waals surface area contributed by atoms with E-state index in [1.54, 1.807) is 10.9 Å². The van der Waals surface area contributed by atoms with Gasteiger partial charge in [0, 0.05) is 32.3 Å². The quantitative estimate of drug-likeness (QED) is 0.680. The van der Waals surface area contributed by atoms with Crippen molar-refractivity contribution in [3.05, 3.63) is 18.0 Å². The van der Waals surface area contributed by atoms with Crippen molar-refractivity contribution in [1.82, 2.24) is 14.7 Å². The summed E-state index contributed by atoms with van der Waals surface area (Å²) >= 11 is 0. The SMILES string of the molecule is Cc1cnn(CC(=O)N2CCC3(CC2)CC(OCCOC(C)C)CCO3)c1. The van der Waals surface area contributed by atoms with E-state index >= 15 is 0 Å². The standard InChI is InChI=1S/C20H33N3O4/c1-16(2)25-10-11-26-18-4-9-27-20(12-18)5-7-22(8-6-20)19(24)15-23-14-17(3)13-21-23/h13-14,16,18H,4-12,15H2,1-3H3. The zero-order valence-corrected chi connectivity index (χ0v) is 16.9. The van der Waals surface area contributed by atoms with E-state index in [9.17, 15) is 4.79 Å². The normalized spacial score (nSPS) is 22.5. The maximum atomic E-state index is 12.5. The zero-order chi connectivity index (χ0) is 19.3. The molecule has 2 aliphatic rings. The number of ether oxygens (including phenoxy) is 3. The summed E-state index contributed by atoms with van der Waals surface area (Å²) in [6, 6.07) is 0. The second-order valence-corrected chi connectivity index (χ2v) is 8.03. The van der Waals surface area contributed by atoms with Gasteiger partial charge in [0.05, 0.1) is 37.2 Å². The lowest BCUT2D eigenvalue weighted by Crippen LogP contribution is -2.52. The van der Waals surface area contributed by atoms with E-state index in [1.807, 2.05) is 31.9 Å². The number of likely N-dealkylation sites (tertiary alicyclic amines) is 1. The van der Waals surface area contributed by atoms with Gasteiger partial charge >= 0.3 is 0 Å². The molecular formula is C20H33N3O4. The Hall–Kier alpha value is -1.44. The van der Waals surface area contributed by atoms with Gasteiger partial charge in [0.15, 0.2) is 0 Å². The van der Waals surface area contributed by atoms with Crippen molar-refractivity contribution >= 4 is 5.91 Å². The lowest BCUT2D eigenvalue weighted by molar-refractivity contribution is -0.164. The third-order valence-corrected chi connectivity index (χ3v) is 5.42. The highest BCUT2D eigenvalue weighted by Crippen LogP contribution is 2.36. The van der Waals surface area contributed by atoms with Crippen LogP contribution in [0.3, 0.4) is 0 Å². The van der Waals surface area contributed by atoms with Gasteiger partial charge in [0.25, 0.3) is 0 Å². The maximum Gasteiger partial charge on any atom is 0.244 e. The predicted octanol–water partition coefficient (Wildman–Crippen LogP) is 2.17. The molecule has 152 valence electrons. The van der Waals surface area contributed by atoms with E-state index in [0.29, 0.717) is 19.8 Å². The molecule has 7 nitrogen and oxygen atoms in total. The molecular weight excluding hydrogens is 346 g/mol. The molecule has 2 fully saturated rings. The van der Waals surface area contributed by atoms with E-state index in [0.717, 1.165) is 50.9 Å². The minimum atomic E-state index is -0.138. The molecule has 2 saturated heterocycles. The Morgan fingerprint density at radius 2 is 2.15 bits per heavy atom. The van der Waals surface area contributed by atoms with E-state index in [2.05, 4.69) is 5.10 Å². The first-order chi connectivity index (χ1) is 13.0. The third kappa shape index (κ3) is 5.77. The number of aromatic nitrogens is 2. The molecule has 0 bridgehead atoms. The van der Waals surface area contributed by atoms with E-state index in [-0.39, 0.29) is 23.7 Å². The Morgan fingerprint density at radius 1 is 1.37 bits per heavy atom. The molecule has 1 aromatic heterocycles. The molecule has 1 aromatic rings. The van der Waals surface area contributed by atoms with Gasteiger partial charge in [-0.2, -0.15) is 5.10 Å². The van der Waals surface area contributed by atoms with Crippen LogP contribution in [0.25, 0.3) is 0 Å². The minimum Gasteiger partial charge on any atom is -0.376 e. The molecule has 1 spiro atoms. The number of rotatable bonds is 7. The lowest BCUT2D eigenvalue weighted by Gasteiger charge is -2.46. The zero-order valence-electron chi connectivity index (χ0n) is 16.9. The number of amides is 1. The fourth-order valence-corrected chi connectivity index (χ4v) is 3.93. The van der Waals surface area contributed by atoms with E-state index in [1.165, 1.54) is 0 Å². The Morgan fingerprint density at radius 3 is 2.81 bits per heavy atom. The van der Waals surface area contributed by atoms with Crippen LogP contribution in [0, 0.1) is 6.92 Å². The van der Waals surface area contributed by atoms with Crippen LogP contribution < -0.4 is 0 Å². The summed E-state index contributed by atoms with van der Waals surface area (Å²) < 4.78 is 19.4. The highest BCUT2D eigenvalue weighted by molar-refractivity contribution is 5.76. The van der Waals surface area contributed by atoms with Gasteiger partial charge in [-0.15, -0.1) is 0 Å². The summed E-state index contributed by atoms with van der Waals surface area (Å²) in [7, 11) is 0. The molecule has 1 atom stereocenters. The lowest BCUT2D eigenvalue weighted by atomic mass is 9.83. The van der Waals surface area contributed by atoms with Crippen molar-refractivity contribution in [2.24, 2.45) is 0 Å². The van der Waals surface area contributed by atoms with Crippen LogP contribution in [0.4, 0.5) is 0 Å². The average molecular weight is 380 g/mol. The first-order valence-electron chi connectivity index (χ1n) is 10.1. The van der Waals surface area contributed by atoms with Crippen molar-refractivity contribution in [3.63, 3.8) is 0 Å². The van der Waals surface area contributed by atoms with Crippen molar-refractivity contribution in [3.8, 4) is 0 Å². The van der Waals surface area contributed by atoms with E-state index in [4.69, 9.17) is 14.2 Å². The van der Waals surface area contributed by atoms with Crippen molar-refractivity contribution in [2.75, 3.05) is 32.9 Å². The van der Waals surface area contributed by atoms with Crippen LogP contribution in [0.2, 0.25) is 0 Å². The first kappa shape index (κ1) is 20.3. The van der Waals surface area contributed by atoms with Crippen LogP contribution in [-0.2, 0) is 25.5 Å². The summed E-state index contributed by atoms with van der Waals surface area (Å²) in [6.07, 6.45) is 7.74. The topological polar surface area (TPSA) is 65.8 Å². The average Bonchev–Trinajstić information content (AvgIpc) is 3.04. The molecule has 1 amide bonds. The van der Waals surface area contributed by atoms with Crippen LogP contribution in [0.1, 0.15) is 45.1 Å². The highest BCUT2D eigenvalue weighted by Gasteiger charge is 2.41. The number of carbonyl (C=O) groups excluding carboxylic acids is 1. The molecule has 0 aliphatic carbocycles. The van der Waals surface area contributed by atoms with Crippen LogP contribution in [0.15, 0.2) is 12.4 Å². The smallest absolute Gasteiger partial charge is 0.244 e. The monoisotopic (exact) mass is 379 g/mol. The molecule has 0 saturated carbocycles. The minimum absolute atomic E-state index is 0.127. The largest absolute Gasteiger partial charge is 0.376 e. The second kappa shape index (κ2) is 9.17. The summed E-state index contributed by atoms with van der Waals surface area (Å²) in [6.45, 7) is 9.83. The summed E-state index contributed by atoms with van der Waals surface area (Å²) in [5, 5.41) is 4.21. The number of hydrogen-bond donors (Lipinski definition) is 0. The van der Waals surface area contributed by atoms with Gasteiger partial charge < -0.3 is 19.1 Å². The molecule has 0 aromatic carbocycles. The molecule has 1 unspecified atom stereocenters. The van der Waals surface area contributed by atoms with Crippen molar-refractivity contribution in [2.45, 2.75) is 70.8 Å². The predicted molar refractivity (Wildman–Crippen MR) is 102 cm³/mol. The fourth-order valence-electron chi connectivity index (χ4n) is 3.93. The Labute approximate surface area is 161 Å². The van der Waals surface area contributed by atoms with Crippen molar-refractivity contribution in [1.29, 1.82) is 0 Å². The molecule has 3 rings (SSSR count). The molecule has 0 radical (unpaired) electrons. The number of piperidine rings is 1. The van der Waals surface area contributed by atoms with Gasteiger partial charge in [0.2, 0.25) is 5.91 Å². The Balaban J connectivity index is 1.43. The number of hydrogen-bond acceptors (Lipinski definition) is 5. The maximum absolute atomic E-state index is 12.5. The first-order valence-corrected chi connectivity index (χ1v) is 10.1. The van der Waals surface area contributed by atoms with Gasteiger partial charge in [-0.25, -0.2) is 0 Å². The van der Waals surface area contributed by atoms with Crippen LogP contribution in [0.5, 0.6) is 0 Å². The van der Waals surface area contributed by atoms with Crippen LogP contribution in [-0.4, -0.2) is 71.3 Å². The molecule has 7 heteroatoms. The van der Waals surface area contributed by atoms with Crippen molar-refractivity contribution < 1.29 is 19.0 Å². The third-order valence-electron chi connectivity index (χ3n) is 5.42. The van der Waals surface area contributed by atoms with E-state index < -0.39 is 0 Å². The Kier molecular flexibility index (Phi) is 6.89. The molecule has 27 heavy (non-hydrogen) atoms.